The molecule has 0 N–H and O–H groups in total. The standard InChI is InChI=1S/C36H21N3O2/c1-2-8-25-22(7-1)13-14-23-19-24(15-16-26(23)25)39(30-17-18-37-35-28-10-4-6-12-32(28)41-36(30)35)34-20-33-29(21-38-34)27-9-3-5-11-31(27)40-33/h1-21H. The molecule has 0 fully saturated rings. The average molecular weight is 528 g/mol. The molecule has 9 rings (SSSR count). The number of rotatable bonds is 3. The summed E-state index contributed by atoms with van der Waals surface area (Å²) in [6.07, 6.45) is 3.73. The minimum atomic E-state index is 0.707. The van der Waals surface area contributed by atoms with Gasteiger partial charge in [-0.25, -0.2) is 4.98 Å². The third-order valence-electron chi connectivity index (χ3n) is 7.94. The lowest BCUT2D eigenvalue weighted by atomic mass is 10.0. The number of furan rings is 2. The molecule has 0 amide bonds. The Hall–Kier alpha value is -5.68. The zero-order valence-electron chi connectivity index (χ0n) is 21.8. The van der Waals surface area contributed by atoms with Gasteiger partial charge in [-0.2, -0.15) is 0 Å². The van der Waals surface area contributed by atoms with Crippen LogP contribution in [-0.4, -0.2) is 9.97 Å². The third-order valence-corrected chi connectivity index (χ3v) is 7.94. The van der Waals surface area contributed by atoms with Crippen LogP contribution in [0.5, 0.6) is 0 Å². The molecule has 0 spiro atoms. The van der Waals surface area contributed by atoms with Crippen molar-refractivity contribution in [2.45, 2.75) is 0 Å². The number of aromatic nitrogens is 2. The van der Waals surface area contributed by atoms with Crippen molar-refractivity contribution in [3.63, 3.8) is 0 Å². The molecule has 5 aromatic carbocycles. The highest BCUT2D eigenvalue weighted by molar-refractivity contribution is 6.11. The molecule has 41 heavy (non-hydrogen) atoms. The number of para-hydroxylation sites is 2. The van der Waals surface area contributed by atoms with Crippen molar-refractivity contribution in [2.24, 2.45) is 0 Å². The Morgan fingerprint density at radius 2 is 1.24 bits per heavy atom. The first kappa shape index (κ1) is 22.2. The smallest absolute Gasteiger partial charge is 0.177 e. The predicted octanol–water partition coefficient (Wildman–Crippen LogP) is 10.1. The summed E-state index contributed by atoms with van der Waals surface area (Å²) in [5, 5.41) is 7.82. The lowest BCUT2D eigenvalue weighted by Gasteiger charge is -2.24. The van der Waals surface area contributed by atoms with Crippen LogP contribution in [0, 0.1) is 0 Å². The quantitative estimate of drug-likeness (QED) is 0.214. The number of hydrogen-bond donors (Lipinski definition) is 0. The maximum absolute atomic E-state index is 6.43. The van der Waals surface area contributed by atoms with E-state index in [2.05, 4.69) is 65.6 Å². The van der Waals surface area contributed by atoms with E-state index in [9.17, 15) is 0 Å². The second kappa shape index (κ2) is 8.41. The maximum atomic E-state index is 6.43. The van der Waals surface area contributed by atoms with E-state index < -0.39 is 0 Å². The van der Waals surface area contributed by atoms with Gasteiger partial charge in [0.05, 0.1) is 5.69 Å². The van der Waals surface area contributed by atoms with Crippen LogP contribution in [0.3, 0.4) is 0 Å². The molecule has 5 nitrogen and oxygen atoms in total. The van der Waals surface area contributed by atoms with Crippen LogP contribution >= 0.6 is 0 Å². The molecule has 5 heteroatoms. The predicted molar refractivity (Wildman–Crippen MR) is 166 cm³/mol. The zero-order chi connectivity index (χ0) is 26.9. The van der Waals surface area contributed by atoms with Gasteiger partial charge < -0.3 is 8.83 Å². The molecule has 0 saturated carbocycles. The summed E-state index contributed by atoms with van der Waals surface area (Å²) in [4.78, 5) is 11.8. The van der Waals surface area contributed by atoms with Crippen molar-refractivity contribution in [2.75, 3.05) is 4.90 Å². The van der Waals surface area contributed by atoms with Gasteiger partial charge in [0, 0.05) is 40.3 Å². The first-order valence-corrected chi connectivity index (χ1v) is 13.6. The fourth-order valence-corrected chi connectivity index (χ4v) is 6.03. The van der Waals surface area contributed by atoms with E-state index >= 15 is 0 Å². The van der Waals surface area contributed by atoms with E-state index in [1.807, 2.05) is 67.0 Å². The topological polar surface area (TPSA) is 55.3 Å². The fraction of sp³-hybridized carbons (Fsp3) is 0. The van der Waals surface area contributed by atoms with Crippen LogP contribution in [0.2, 0.25) is 0 Å². The number of nitrogens with zero attached hydrogens (tertiary/aromatic N) is 3. The molecule has 4 aromatic heterocycles. The molecule has 0 aliphatic rings. The number of benzene rings is 5. The van der Waals surface area contributed by atoms with Crippen LogP contribution in [0.1, 0.15) is 0 Å². The Labute approximate surface area is 233 Å². The Bertz CT molecular complexity index is 2450. The summed E-state index contributed by atoms with van der Waals surface area (Å²) in [7, 11) is 0. The first-order chi connectivity index (χ1) is 20.3. The second-order valence-corrected chi connectivity index (χ2v) is 10.3. The molecule has 9 aromatic rings. The monoisotopic (exact) mass is 527 g/mol. The maximum Gasteiger partial charge on any atom is 0.177 e. The van der Waals surface area contributed by atoms with Gasteiger partial charge in [-0.3, -0.25) is 9.88 Å². The molecule has 0 atom stereocenters. The summed E-state index contributed by atoms with van der Waals surface area (Å²) in [5.41, 5.74) is 5.77. The van der Waals surface area contributed by atoms with E-state index in [0.717, 1.165) is 61.0 Å². The molecule has 0 aliphatic carbocycles. The molecule has 0 bridgehead atoms. The van der Waals surface area contributed by atoms with E-state index in [1.165, 1.54) is 16.2 Å². The lowest BCUT2D eigenvalue weighted by molar-refractivity contribution is 0.666. The van der Waals surface area contributed by atoms with Crippen molar-refractivity contribution < 1.29 is 8.83 Å². The van der Waals surface area contributed by atoms with Crippen molar-refractivity contribution in [1.29, 1.82) is 0 Å². The van der Waals surface area contributed by atoms with Gasteiger partial charge in [-0.15, -0.1) is 0 Å². The number of anilines is 3. The van der Waals surface area contributed by atoms with Gasteiger partial charge in [-0.05, 0) is 57.9 Å². The normalized spacial score (nSPS) is 11.9. The Morgan fingerprint density at radius 1 is 0.512 bits per heavy atom. The van der Waals surface area contributed by atoms with Crippen LogP contribution in [-0.2, 0) is 0 Å². The Morgan fingerprint density at radius 3 is 2.15 bits per heavy atom. The summed E-state index contributed by atoms with van der Waals surface area (Å²) >= 11 is 0. The summed E-state index contributed by atoms with van der Waals surface area (Å²) in [5.74, 6) is 0.727. The minimum Gasteiger partial charge on any atom is -0.456 e. The van der Waals surface area contributed by atoms with Crippen LogP contribution in [0.25, 0.3) is 65.6 Å². The molecule has 0 radical (unpaired) electrons. The molecular weight excluding hydrogens is 506 g/mol. The number of hydrogen-bond acceptors (Lipinski definition) is 5. The van der Waals surface area contributed by atoms with Gasteiger partial charge in [0.15, 0.2) is 5.58 Å². The van der Waals surface area contributed by atoms with Crippen molar-refractivity contribution in [1.82, 2.24) is 9.97 Å². The van der Waals surface area contributed by atoms with E-state index in [-0.39, 0.29) is 0 Å². The minimum absolute atomic E-state index is 0.707. The average Bonchev–Trinajstić information content (AvgIpc) is 3.60. The highest BCUT2D eigenvalue weighted by Gasteiger charge is 2.22. The van der Waals surface area contributed by atoms with E-state index in [1.54, 1.807) is 0 Å². The highest BCUT2D eigenvalue weighted by atomic mass is 16.3. The Kier molecular flexibility index (Phi) is 4.55. The number of pyridine rings is 2. The van der Waals surface area contributed by atoms with Crippen LogP contribution in [0.15, 0.2) is 136 Å². The molecular formula is C36H21N3O2. The SMILES string of the molecule is c1ccc2c(c1)ccc1cc(N(c3cc4oc5ccccc5c4cn3)c3ccnc4c3oc3ccccc34)ccc12. The van der Waals surface area contributed by atoms with Crippen molar-refractivity contribution >= 4 is 82.7 Å². The van der Waals surface area contributed by atoms with Gasteiger partial charge in [0.1, 0.15) is 28.1 Å². The van der Waals surface area contributed by atoms with Gasteiger partial charge in [-0.1, -0.05) is 72.8 Å². The van der Waals surface area contributed by atoms with Gasteiger partial charge >= 0.3 is 0 Å². The molecule has 4 heterocycles. The zero-order valence-corrected chi connectivity index (χ0v) is 21.8. The summed E-state index contributed by atoms with van der Waals surface area (Å²) in [6.45, 7) is 0. The summed E-state index contributed by atoms with van der Waals surface area (Å²) in [6, 6.07) is 39.4. The van der Waals surface area contributed by atoms with E-state index in [4.69, 9.17) is 18.8 Å². The second-order valence-electron chi connectivity index (χ2n) is 10.3. The fourth-order valence-electron chi connectivity index (χ4n) is 6.03. The van der Waals surface area contributed by atoms with E-state index in [0.29, 0.717) is 5.58 Å². The van der Waals surface area contributed by atoms with Crippen LogP contribution < -0.4 is 4.90 Å². The lowest BCUT2D eigenvalue weighted by Crippen LogP contribution is -2.12. The largest absolute Gasteiger partial charge is 0.456 e. The molecule has 192 valence electrons. The molecule has 0 aliphatic heterocycles. The molecule has 0 unspecified atom stereocenters. The third kappa shape index (κ3) is 3.29. The van der Waals surface area contributed by atoms with Crippen LogP contribution in [0.4, 0.5) is 17.2 Å². The van der Waals surface area contributed by atoms with Crippen molar-refractivity contribution in [3.8, 4) is 0 Å². The van der Waals surface area contributed by atoms with Crippen molar-refractivity contribution in [3.05, 3.63) is 128 Å². The summed E-state index contributed by atoms with van der Waals surface area (Å²) < 4.78 is 12.7. The number of fused-ring (bicyclic) bond motifs is 9. The Balaban J connectivity index is 1.33. The first-order valence-electron chi connectivity index (χ1n) is 13.6. The highest BCUT2D eigenvalue weighted by Crippen LogP contribution is 2.43. The molecule has 0 saturated heterocycles. The van der Waals surface area contributed by atoms with Gasteiger partial charge in [0.25, 0.3) is 0 Å². The van der Waals surface area contributed by atoms with Gasteiger partial charge in [0.2, 0.25) is 0 Å².